The van der Waals surface area contributed by atoms with Gasteiger partial charge in [0.2, 0.25) is 5.91 Å². The molecule has 0 spiro atoms. The zero-order chi connectivity index (χ0) is 22.8. The van der Waals surface area contributed by atoms with Gasteiger partial charge >= 0.3 is 0 Å². The molecule has 2 aliphatic carbocycles. The molecular formula is C26H32N4O3. The molecule has 0 radical (unpaired) electrons. The first-order valence-electron chi connectivity index (χ1n) is 12.3. The molecule has 3 aliphatic rings. The summed E-state index contributed by atoms with van der Waals surface area (Å²) in [6.45, 7) is 1.46. The van der Waals surface area contributed by atoms with E-state index >= 15 is 0 Å². The second-order valence-corrected chi connectivity index (χ2v) is 9.80. The molecule has 0 bridgehead atoms. The van der Waals surface area contributed by atoms with Gasteiger partial charge in [-0.25, -0.2) is 4.68 Å². The maximum atomic E-state index is 12.6. The van der Waals surface area contributed by atoms with Gasteiger partial charge in [0.1, 0.15) is 6.54 Å². The first-order chi connectivity index (χ1) is 16.1. The summed E-state index contributed by atoms with van der Waals surface area (Å²) >= 11 is 0. The second-order valence-electron chi connectivity index (χ2n) is 9.80. The number of amides is 2. The fourth-order valence-electron chi connectivity index (χ4n) is 5.56. The van der Waals surface area contributed by atoms with E-state index in [4.69, 9.17) is 0 Å². The molecule has 5 rings (SSSR count). The van der Waals surface area contributed by atoms with Crippen LogP contribution in [0.1, 0.15) is 72.1 Å². The van der Waals surface area contributed by atoms with E-state index in [0.717, 1.165) is 86.7 Å². The molecule has 1 aromatic heterocycles. The quantitative estimate of drug-likeness (QED) is 0.713. The number of aromatic nitrogens is 2. The SMILES string of the molecule is O=C(Cn1nc2c(cc1=O)CCCCC2)NC1CCC(CN2Cc3ccccc3C2=O)CC1. The number of nitrogens with zero attached hydrogens (tertiary/aromatic N) is 3. The topological polar surface area (TPSA) is 84.3 Å². The van der Waals surface area contributed by atoms with E-state index in [-0.39, 0.29) is 30.0 Å². The maximum Gasteiger partial charge on any atom is 0.267 e. The normalized spacial score (nSPS) is 22.4. The molecule has 1 fully saturated rings. The standard InChI is InChI=1S/C26H32N4O3/c31-24(17-30-25(32)14-19-6-2-1-3-9-23(19)28-30)27-21-12-10-18(11-13-21)15-29-16-20-7-4-5-8-22(20)26(29)33/h4-5,7-8,14,18,21H,1-3,6,9-13,15-17H2,(H,27,31). The van der Waals surface area contributed by atoms with Crippen molar-refractivity contribution in [1.82, 2.24) is 20.0 Å². The molecule has 2 heterocycles. The molecule has 33 heavy (non-hydrogen) atoms. The van der Waals surface area contributed by atoms with Gasteiger partial charge in [0, 0.05) is 30.8 Å². The summed E-state index contributed by atoms with van der Waals surface area (Å²) in [7, 11) is 0. The van der Waals surface area contributed by atoms with Crippen LogP contribution >= 0.6 is 0 Å². The van der Waals surface area contributed by atoms with Crippen LogP contribution in [0.2, 0.25) is 0 Å². The lowest BCUT2D eigenvalue weighted by atomic mass is 9.85. The molecule has 1 aliphatic heterocycles. The fourth-order valence-corrected chi connectivity index (χ4v) is 5.56. The molecule has 7 heteroatoms. The van der Waals surface area contributed by atoms with E-state index in [0.29, 0.717) is 12.5 Å². The van der Waals surface area contributed by atoms with Gasteiger partial charge in [0.25, 0.3) is 11.5 Å². The van der Waals surface area contributed by atoms with Gasteiger partial charge in [-0.2, -0.15) is 5.10 Å². The number of carbonyl (C=O) groups is 2. The van der Waals surface area contributed by atoms with Crippen molar-refractivity contribution in [2.45, 2.75) is 76.9 Å². The smallest absolute Gasteiger partial charge is 0.267 e. The highest BCUT2D eigenvalue weighted by Gasteiger charge is 2.30. The summed E-state index contributed by atoms with van der Waals surface area (Å²) in [5.41, 5.74) is 3.78. The zero-order valence-corrected chi connectivity index (χ0v) is 19.1. The van der Waals surface area contributed by atoms with Crippen LogP contribution in [-0.4, -0.2) is 39.1 Å². The van der Waals surface area contributed by atoms with Gasteiger partial charge in [-0.15, -0.1) is 0 Å². The van der Waals surface area contributed by atoms with E-state index < -0.39 is 0 Å². The summed E-state index contributed by atoms with van der Waals surface area (Å²) in [5, 5.41) is 7.61. The predicted molar refractivity (Wildman–Crippen MR) is 125 cm³/mol. The van der Waals surface area contributed by atoms with Crippen LogP contribution in [0.25, 0.3) is 0 Å². The van der Waals surface area contributed by atoms with Gasteiger partial charge in [-0.05, 0) is 74.5 Å². The van der Waals surface area contributed by atoms with Crippen LogP contribution in [0.5, 0.6) is 0 Å². The van der Waals surface area contributed by atoms with Crippen molar-refractivity contribution in [2.75, 3.05) is 6.54 Å². The van der Waals surface area contributed by atoms with E-state index in [9.17, 15) is 14.4 Å². The van der Waals surface area contributed by atoms with Gasteiger partial charge in [0.05, 0.1) is 5.69 Å². The third kappa shape index (κ3) is 4.87. The minimum atomic E-state index is -0.189. The minimum absolute atomic E-state index is 0.0212. The highest BCUT2D eigenvalue weighted by molar-refractivity contribution is 5.98. The Balaban J connectivity index is 1.11. The summed E-state index contributed by atoms with van der Waals surface area (Å²) in [6, 6.07) is 9.64. The predicted octanol–water partition coefficient (Wildman–Crippen LogP) is 2.84. The molecule has 1 saturated carbocycles. The van der Waals surface area contributed by atoms with Crippen LogP contribution in [-0.2, 0) is 30.7 Å². The number of hydrogen-bond acceptors (Lipinski definition) is 4. The minimum Gasteiger partial charge on any atom is -0.352 e. The number of rotatable bonds is 5. The lowest BCUT2D eigenvalue weighted by molar-refractivity contribution is -0.122. The summed E-state index contributed by atoms with van der Waals surface area (Å²) in [4.78, 5) is 39.7. The van der Waals surface area contributed by atoms with Gasteiger partial charge in [-0.3, -0.25) is 14.4 Å². The van der Waals surface area contributed by atoms with Gasteiger partial charge in [-0.1, -0.05) is 24.6 Å². The van der Waals surface area contributed by atoms with Crippen LogP contribution in [0, 0.1) is 5.92 Å². The highest BCUT2D eigenvalue weighted by atomic mass is 16.2. The fraction of sp³-hybridized carbons (Fsp3) is 0.538. The molecule has 174 valence electrons. The Morgan fingerprint density at radius 3 is 2.61 bits per heavy atom. The number of nitrogens with one attached hydrogen (secondary N) is 1. The lowest BCUT2D eigenvalue weighted by Gasteiger charge is -2.31. The average molecular weight is 449 g/mol. The number of fused-ring (bicyclic) bond motifs is 2. The largest absolute Gasteiger partial charge is 0.352 e. The molecule has 2 aromatic rings. The Morgan fingerprint density at radius 2 is 1.79 bits per heavy atom. The van der Waals surface area contributed by atoms with Crippen LogP contribution < -0.4 is 10.9 Å². The Morgan fingerprint density at radius 1 is 1.00 bits per heavy atom. The molecule has 1 N–H and O–H groups in total. The molecular weight excluding hydrogens is 416 g/mol. The molecule has 7 nitrogen and oxygen atoms in total. The van der Waals surface area contributed by atoms with Crippen LogP contribution in [0.15, 0.2) is 35.1 Å². The summed E-state index contributed by atoms with van der Waals surface area (Å²) < 4.78 is 1.32. The summed E-state index contributed by atoms with van der Waals surface area (Å²) in [5.74, 6) is 0.455. The second kappa shape index (κ2) is 9.49. The molecule has 0 atom stereocenters. The maximum absolute atomic E-state index is 12.6. The van der Waals surface area contributed by atoms with Crippen molar-refractivity contribution in [1.29, 1.82) is 0 Å². The van der Waals surface area contributed by atoms with Gasteiger partial charge < -0.3 is 10.2 Å². The Hall–Kier alpha value is -2.96. The third-order valence-electron chi connectivity index (χ3n) is 7.40. The van der Waals surface area contributed by atoms with E-state index in [2.05, 4.69) is 10.4 Å². The Kier molecular flexibility index (Phi) is 6.29. The van der Waals surface area contributed by atoms with E-state index in [1.807, 2.05) is 29.2 Å². The van der Waals surface area contributed by atoms with Crippen molar-refractivity contribution in [3.05, 3.63) is 63.1 Å². The van der Waals surface area contributed by atoms with Crippen LogP contribution in [0.3, 0.4) is 0 Å². The zero-order valence-electron chi connectivity index (χ0n) is 19.1. The molecule has 1 aromatic carbocycles. The third-order valence-corrected chi connectivity index (χ3v) is 7.40. The first-order valence-corrected chi connectivity index (χ1v) is 12.3. The van der Waals surface area contributed by atoms with Crippen molar-refractivity contribution in [3.63, 3.8) is 0 Å². The van der Waals surface area contributed by atoms with Gasteiger partial charge in [0.15, 0.2) is 0 Å². The van der Waals surface area contributed by atoms with E-state index in [1.54, 1.807) is 6.07 Å². The number of aryl methyl sites for hydroxylation is 2. The van der Waals surface area contributed by atoms with Crippen LogP contribution in [0.4, 0.5) is 0 Å². The summed E-state index contributed by atoms with van der Waals surface area (Å²) in [6.07, 6.45) is 8.91. The number of hydrogen-bond donors (Lipinski definition) is 1. The monoisotopic (exact) mass is 448 g/mol. The highest BCUT2D eigenvalue weighted by Crippen LogP contribution is 2.29. The average Bonchev–Trinajstić information content (AvgIpc) is 2.96. The van der Waals surface area contributed by atoms with Crippen molar-refractivity contribution in [3.8, 4) is 0 Å². The van der Waals surface area contributed by atoms with E-state index in [1.165, 1.54) is 4.68 Å². The molecule has 0 saturated heterocycles. The molecule has 2 amide bonds. The van der Waals surface area contributed by atoms with Crippen molar-refractivity contribution >= 4 is 11.8 Å². The number of carbonyl (C=O) groups excluding carboxylic acids is 2. The first kappa shape index (κ1) is 21.9. The number of benzene rings is 1. The van der Waals surface area contributed by atoms with Crippen molar-refractivity contribution < 1.29 is 9.59 Å². The van der Waals surface area contributed by atoms with Crippen molar-refractivity contribution in [2.24, 2.45) is 5.92 Å². The molecule has 0 unspecified atom stereocenters. The Bertz CT molecular complexity index is 1100. The Labute approximate surface area is 194 Å². The lowest BCUT2D eigenvalue weighted by Crippen LogP contribution is -2.42.